The molecule has 18 heavy (non-hydrogen) atoms. The van der Waals surface area contributed by atoms with Gasteiger partial charge in [0, 0.05) is 14.2 Å². The molecule has 1 rings (SSSR count). The SMILES string of the molecule is COC(NN[C@@H](Cc1ccccc1)C(=O)O)OC. The van der Waals surface area contributed by atoms with Crippen molar-refractivity contribution >= 4 is 5.97 Å². The molecule has 0 radical (unpaired) electrons. The number of carboxylic acid groups (broad SMARTS) is 1. The van der Waals surface area contributed by atoms with Crippen LogP contribution in [0, 0.1) is 0 Å². The van der Waals surface area contributed by atoms with E-state index in [0.29, 0.717) is 6.42 Å². The van der Waals surface area contributed by atoms with Crippen molar-refractivity contribution < 1.29 is 19.4 Å². The van der Waals surface area contributed by atoms with Crippen LogP contribution in [0.1, 0.15) is 5.56 Å². The molecular weight excluding hydrogens is 236 g/mol. The van der Waals surface area contributed by atoms with E-state index in [2.05, 4.69) is 10.9 Å². The number of hydrogen-bond donors (Lipinski definition) is 3. The zero-order valence-electron chi connectivity index (χ0n) is 10.4. The lowest BCUT2D eigenvalue weighted by molar-refractivity contribution is -0.146. The first kappa shape index (κ1) is 14.6. The van der Waals surface area contributed by atoms with Crippen LogP contribution < -0.4 is 10.9 Å². The number of hydrazine groups is 1. The summed E-state index contributed by atoms with van der Waals surface area (Å²) in [4.78, 5) is 11.1. The molecule has 3 N–H and O–H groups in total. The lowest BCUT2D eigenvalue weighted by Gasteiger charge is -2.20. The van der Waals surface area contributed by atoms with Gasteiger partial charge in [0.2, 0.25) is 6.41 Å². The van der Waals surface area contributed by atoms with E-state index in [1.54, 1.807) is 0 Å². The van der Waals surface area contributed by atoms with Gasteiger partial charge in [-0.15, -0.1) is 0 Å². The molecule has 1 aromatic rings. The zero-order valence-corrected chi connectivity index (χ0v) is 10.4. The van der Waals surface area contributed by atoms with Crippen LogP contribution in [0.3, 0.4) is 0 Å². The van der Waals surface area contributed by atoms with Gasteiger partial charge in [-0.1, -0.05) is 30.3 Å². The summed E-state index contributed by atoms with van der Waals surface area (Å²) in [6, 6.07) is 8.62. The summed E-state index contributed by atoms with van der Waals surface area (Å²) in [5.41, 5.74) is 6.25. The molecule has 0 aromatic heterocycles. The number of ether oxygens (including phenoxy) is 2. The lowest BCUT2D eigenvalue weighted by atomic mass is 10.1. The van der Waals surface area contributed by atoms with Crippen molar-refractivity contribution in [2.75, 3.05) is 14.2 Å². The number of methoxy groups -OCH3 is 2. The second-order valence-electron chi connectivity index (χ2n) is 3.67. The maximum Gasteiger partial charge on any atom is 0.322 e. The summed E-state index contributed by atoms with van der Waals surface area (Å²) in [6.07, 6.45) is -0.328. The van der Waals surface area contributed by atoms with Gasteiger partial charge in [0.25, 0.3) is 0 Å². The van der Waals surface area contributed by atoms with Crippen molar-refractivity contribution in [3.63, 3.8) is 0 Å². The van der Waals surface area contributed by atoms with Crippen LogP contribution in [0.5, 0.6) is 0 Å². The van der Waals surface area contributed by atoms with Crippen molar-refractivity contribution in [3.05, 3.63) is 35.9 Å². The molecule has 0 spiro atoms. The normalized spacial score (nSPS) is 12.6. The highest BCUT2D eigenvalue weighted by Crippen LogP contribution is 2.03. The minimum atomic E-state index is -0.947. The minimum absolute atomic E-state index is 0.364. The Morgan fingerprint density at radius 1 is 1.22 bits per heavy atom. The maximum absolute atomic E-state index is 11.1. The molecule has 6 heteroatoms. The number of carboxylic acids is 1. The maximum atomic E-state index is 11.1. The van der Waals surface area contributed by atoms with Gasteiger partial charge in [0.15, 0.2) is 0 Å². The third-order valence-corrected chi connectivity index (χ3v) is 2.38. The molecule has 0 fully saturated rings. The molecule has 0 bridgehead atoms. The average molecular weight is 254 g/mol. The van der Waals surface area contributed by atoms with E-state index in [1.165, 1.54) is 14.2 Å². The highest BCUT2D eigenvalue weighted by Gasteiger charge is 2.18. The number of aliphatic carboxylic acids is 1. The van der Waals surface area contributed by atoms with Gasteiger partial charge < -0.3 is 14.6 Å². The number of rotatable bonds is 8. The van der Waals surface area contributed by atoms with Crippen molar-refractivity contribution in [2.24, 2.45) is 0 Å². The van der Waals surface area contributed by atoms with Gasteiger partial charge in [-0.25, -0.2) is 10.9 Å². The topological polar surface area (TPSA) is 79.8 Å². The van der Waals surface area contributed by atoms with Crippen molar-refractivity contribution in [3.8, 4) is 0 Å². The molecule has 0 amide bonds. The quantitative estimate of drug-likeness (QED) is 0.459. The van der Waals surface area contributed by atoms with E-state index in [0.717, 1.165) is 5.56 Å². The smallest absolute Gasteiger partial charge is 0.322 e. The molecule has 0 aliphatic heterocycles. The van der Waals surface area contributed by atoms with Gasteiger partial charge in [0.05, 0.1) is 0 Å². The third-order valence-electron chi connectivity index (χ3n) is 2.38. The molecule has 0 aliphatic rings. The van der Waals surface area contributed by atoms with Crippen LogP contribution in [-0.4, -0.2) is 37.8 Å². The Morgan fingerprint density at radius 2 is 1.83 bits per heavy atom. The highest BCUT2D eigenvalue weighted by molar-refractivity contribution is 5.73. The summed E-state index contributed by atoms with van der Waals surface area (Å²) < 4.78 is 9.78. The molecule has 0 saturated heterocycles. The molecule has 0 unspecified atom stereocenters. The van der Waals surface area contributed by atoms with E-state index in [4.69, 9.17) is 14.6 Å². The summed E-state index contributed by atoms with van der Waals surface area (Å²) in [6.45, 7) is 0. The van der Waals surface area contributed by atoms with Crippen molar-refractivity contribution in [1.82, 2.24) is 10.9 Å². The van der Waals surface area contributed by atoms with Crippen molar-refractivity contribution in [2.45, 2.75) is 18.9 Å². The average Bonchev–Trinajstić information content (AvgIpc) is 2.39. The first-order valence-electron chi connectivity index (χ1n) is 5.50. The second-order valence-corrected chi connectivity index (χ2v) is 3.67. The number of hydrogen-bond acceptors (Lipinski definition) is 5. The fraction of sp³-hybridized carbons (Fsp3) is 0.417. The Labute approximate surface area is 106 Å². The monoisotopic (exact) mass is 254 g/mol. The van der Waals surface area contributed by atoms with Gasteiger partial charge in [-0.05, 0) is 12.0 Å². The van der Waals surface area contributed by atoms with Gasteiger partial charge >= 0.3 is 5.97 Å². The molecule has 0 aliphatic carbocycles. The number of benzene rings is 1. The largest absolute Gasteiger partial charge is 0.480 e. The molecule has 0 saturated carbocycles. The standard InChI is InChI=1S/C12H18N2O4/c1-17-12(18-2)14-13-10(11(15)16)8-9-6-4-3-5-7-9/h3-7,10,12-14H,8H2,1-2H3,(H,15,16)/t10-/m0/s1. The summed E-state index contributed by atoms with van der Waals surface area (Å²) in [5, 5.41) is 9.11. The first-order valence-corrected chi connectivity index (χ1v) is 5.50. The zero-order chi connectivity index (χ0) is 13.4. The van der Waals surface area contributed by atoms with Crippen LogP contribution in [0.25, 0.3) is 0 Å². The number of carbonyl (C=O) groups is 1. The first-order chi connectivity index (χ1) is 8.67. The molecule has 0 heterocycles. The van der Waals surface area contributed by atoms with Crippen LogP contribution in [0.2, 0.25) is 0 Å². The predicted octanol–water partition coefficient (Wildman–Crippen LogP) is 0.353. The van der Waals surface area contributed by atoms with Crippen LogP contribution in [-0.2, 0) is 20.7 Å². The van der Waals surface area contributed by atoms with E-state index < -0.39 is 18.4 Å². The van der Waals surface area contributed by atoms with Crippen LogP contribution >= 0.6 is 0 Å². The Balaban J connectivity index is 2.53. The minimum Gasteiger partial charge on any atom is -0.480 e. The molecule has 1 aromatic carbocycles. The molecule has 6 nitrogen and oxygen atoms in total. The van der Waals surface area contributed by atoms with E-state index in [9.17, 15) is 4.79 Å². The summed E-state index contributed by atoms with van der Waals surface area (Å²) in [7, 11) is 2.91. The predicted molar refractivity (Wildman–Crippen MR) is 65.6 cm³/mol. The third kappa shape index (κ3) is 4.80. The van der Waals surface area contributed by atoms with Crippen LogP contribution in [0.15, 0.2) is 30.3 Å². The Hall–Kier alpha value is -1.47. The van der Waals surface area contributed by atoms with E-state index in [-0.39, 0.29) is 0 Å². The van der Waals surface area contributed by atoms with Crippen LogP contribution in [0.4, 0.5) is 0 Å². The highest BCUT2D eigenvalue weighted by atomic mass is 16.7. The van der Waals surface area contributed by atoms with E-state index >= 15 is 0 Å². The lowest BCUT2D eigenvalue weighted by Crippen LogP contribution is -2.51. The van der Waals surface area contributed by atoms with E-state index in [1.807, 2.05) is 30.3 Å². The van der Waals surface area contributed by atoms with Gasteiger partial charge in [-0.3, -0.25) is 4.79 Å². The Morgan fingerprint density at radius 3 is 2.33 bits per heavy atom. The van der Waals surface area contributed by atoms with Gasteiger partial charge in [-0.2, -0.15) is 0 Å². The fourth-order valence-corrected chi connectivity index (χ4v) is 1.43. The number of nitrogens with one attached hydrogen (secondary N) is 2. The van der Waals surface area contributed by atoms with Crippen molar-refractivity contribution in [1.29, 1.82) is 0 Å². The summed E-state index contributed by atoms with van der Waals surface area (Å²) >= 11 is 0. The summed E-state index contributed by atoms with van der Waals surface area (Å²) in [5.74, 6) is -0.947. The Bertz CT molecular complexity index is 354. The molecule has 100 valence electrons. The molecule has 1 atom stereocenters. The Kier molecular flexibility index (Phi) is 6.31. The second kappa shape index (κ2) is 7.78. The fourth-order valence-electron chi connectivity index (χ4n) is 1.43. The molecular formula is C12H18N2O4. The van der Waals surface area contributed by atoms with Gasteiger partial charge in [0.1, 0.15) is 6.04 Å².